The zero-order valence-corrected chi connectivity index (χ0v) is 14.4. The Morgan fingerprint density at radius 3 is 2.92 bits per heavy atom. The number of amides is 1. The smallest absolute Gasteiger partial charge is 0.337 e. The van der Waals surface area contributed by atoms with Crippen LogP contribution < -0.4 is 5.73 Å². The number of nitrogens with zero attached hydrogens (tertiary/aromatic N) is 2. The molecule has 0 fully saturated rings. The van der Waals surface area contributed by atoms with Crippen molar-refractivity contribution in [3.63, 3.8) is 0 Å². The Morgan fingerprint density at radius 1 is 1.46 bits per heavy atom. The molecule has 7 heteroatoms. The van der Waals surface area contributed by atoms with Crippen LogP contribution >= 0.6 is 0 Å². The van der Waals surface area contributed by atoms with Crippen LogP contribution in [0.3, 0.4) is 0 Å². The number of hydrogen-bond donors (Lipinski definition) is 1. The molecule has 2 aliphatic rings. The zero-order valence-electron chi connectivity index (χ0n) is 14.4. The predicted molar refractivity (Wildman–Crippen MR) is 93.8 cm³/mol. The molecule has 1 unspecified atom stereocenters. The Balaban J connectivity index is 2.06. The highest BCUT2D eigenvalue weighted by Gasteiger charge is 2.63. The molecule has 0 saturated carbocycles. The van der Waals surface area contributed by atoms with Gasteiger partial charge in [-0.1, -0.05) is 36.9 Å². The van der Waals surface area contributed by atoms with E-state index in [-0.39, 0.29) is 24.1 Å². The normalized spacial score (nSPS) is 20.5. The molecule has 1 amide bonds. The minimum absolute atomic E-state index is 0.0407. The minimum atomic E-state index is -1.41. The Bertz CT molecular complexity index is 1000. The Kier molecular flexibility index (Phi) is 3.30. The molecule has 0 radical (unpaired) electrons. The first-order valence-electron chi connectivity index (χ1n) is 8.08. The molecule has 1 aromatic carbocycles. The monoisotopic (exact) mass is 351 g/mol. The number of nitrogen functional groups attached to an aromatic ring is 1. The molecule has 2 heterocycles. The van der Waals surface area contributed by atoms with Gasteiger partial charge in [0.2, 0.25) is 5.91 Å². The molecule has 2 aromatic rings. The van der Waals surface area contributed by atoms with Crippen molar-refractivity contribution >= 4 is 17.9 Å². The third-order valence-electron chi connectivity index (χ3n) is 4.98. The SMILES string of the molecule is C=CCOC(=O)C1=C(C)N(C)C(=O)C12c1ccccc1-c1oc(N)nc12. The summed E-state index contributed by atoms with van der Waals surface area (Å²) in [6, 6.07) is 7.21. The summed E-state index contributed by atoms with van der Waals surface area (Å²) in [5, 5.41) is 0. The number of nitrogens with two attached hydrogens (primary N) is 1. The molecule has 4 rings (SSSR count). The lowest BCUT2D eigenvalue weighted by atomic mass is 9.74. The van der Waals surface area contributed by atoms with Gasteiger partial charge in [0.15, 0.2) is 11.2 Å². The van der Waals surface area contributed by atoms with Crippen molar-refractivity contribution in [2.75, 3.05) is 19.4 Å². The minimum Gasteiger partial charge on any atom is -0.458 e. The molecule has 0 saturated heterocycles. The number of hydrogen-bond acceptors (Lipinski definition) is 6. The highest BCUT2D eigenvalue weighted by molar-refractivity contribution is 6.14. The summed E-state index contributed by atoms with van der Waals surface area (Å²) in [4.78, 5) is 32.0. The van der Waals surface area contributed by atoms with Gasteiger partial charge in [-0.2, -0.15) is 4.98 Å². The average molecular weight is 351 g/mol. The van der Waals surface area contributed by atoms with Crippen LogP contribution in [0.25, 0.3) is 11.3 Å². The van der Waals surface area contributed by atoms with E-state index in [0.29, 0.717) is 28.3 Å². The van der Waals surface area contributed by atoms with Crippen molar-refractivity contribution in [3.8, 4) is 11.3 Å². The van der Waals surface area contributed by atoms with Crippen LogP contribution in [0.1, 0.15) is 18.2 Å². The highest BCUT2D eigenvalue weighted by Crippen LogP contribution is 2.57. The van der Waals surface area contributed by atoms with E-state index in [4.69, 9.17) is 14.9 Å². The zero-order chi connectivity index (χ0) is 18.6. The van der Waals surface area contributed by atoms with Gasteiger partial charge in [-0.3, -0.25) is 4.79 Å². The molecular formula is C19H17N3O4. The van der Waals surface area contributed by atoms with E-state index in [1.165, 1.54) is 11.0 Å². The highest BCUT2D eigenvalue weighted by atomic mass is 16.5. The van der Waals surface area contributed by atoms with Crippen LogP contribution in [-0.4, -0.2) is 35.4 Å². The van der Waals surface area contributed by atoms with Gasteiger partial charge in [-0.15, -0.1) is 0 Å². The lowest BCUT2D eigenvalue weighted by Crippen LogP contribution is -2.41. The molecule has 7 nitrogen and oxygen atoms in total. The second kappa shape index (κ2) is 5.32. The molecule has 0 bridgehead atoms. The predicted octanol–water partition coefficient (Wildman–Crippen LogP) is 2.00. The van der Waals surface area contributed by atoms with Gasteiger partial charge in [0.05, 0.1) is 5.57 Å². The summed E-state index contributed by atoms with van der Waals surface area (Å²) in [5.74, 6) is -0.479. The van der Waals surface area contributed by atoms with Crippen LogP contribution in [0, 0.1) is 0 Å². The maximum Gasteiger partial charge on any atom is 0.337 e. The van der Waals surface area contributed by atoms with E-state index < -0.39 is 11.4 Å². The fourth-order valence-electron chi connectivity index (χ4n) is 3.84. The quantitative estimate of drug-likeness (QED) is 0.671. The number of carbonyl (C=O) groups excluding carboxylic acids is 2. The van der Waals surface area contributed by atoms with Crippen molar-refractivity contribution < 1.29 is 18.7 Å². The first kappa shape index (κ1) is 16.1. The van der Waals surface area contributed by atoms with Crippen LogP contribution in [-0.2, 0) is 19.7 Å². The van der Waals surface area contributed by atoms with Crippen LogP contribution in [0.2, 0.25) is 0 Å². The first-order valence-corrected chi connectivity index (χ1v) is 8.08. The van der Waals surface area contributed by atoms with E-state index in [9.17, 15) is 9.59 Å². The molecule has 2 N–H and O–H groups in total. The fraction of sp³-hybridized carbons (Fsp3) is 0.211. The summed E-state index contributed by atoms with van der Waals surface area (Å²) in [5.41, 5.74) is 6.75. The van der Waals surface area contributed by atoms with Crippen LogP contribution in [0.15, 0.2) is 52.6 Å². The van der Waals surface area contributed by atoms with Gasteiger partial charge in [0.25, 0.3) is 6.01 Å². The fourth-order valence-corrected chi connectivity index (χ4v) is 3.84. The molecular weight excluding hydrogens is 334 g/mol. The maximum atomic E-state index is 13.4. The molecule has 1 spiro atoms. The van der Waals surface area contributed by atoms with E-state index >= 15 is 0 Å². The molecule has 1 atom stereocenters. The standard InChI is InChI=1S/C19H17N3O4/c1-4-9-25-16(23)13-10(2)22(3)17(24)19(13)12-8-6-5-7-11(12)14-15(19)21-18(20)26-14/h4-8H,1,9H2,2-3H3,(H2,20,21). The summed E-state index contributed by atoms with van der Waals surface area (Å²) >= 11 is 0. The van der Waals surface area contributed by atoms with Crippen molar-refractivity contribution in [2.24, 2.45) is 0 Å². The third kappa shape index (κ3) is 1.74. The number of likely N-dealkylation sites (N-methyl/N-ethyl adjacent to an activating group) is 1. The summed E-state index contributed by atoms with van der Waals surface area (Å²) in [7, 11) is 1.62. The van der Waals surface area contributed by atoms with Gasteiger partial charge >= 0.3 is 5.97 Å². The van der Waals surface area contributed by atoms with E-state index in [0.717, 1.165) is 0 Å². The van der Waals surface area contributed by atoms with Gasteiger partial charge in [-0.25, -0.2) is 4.79 Å². The molecule has 1 aliphatic carbocycles. The Morgan fingerprint density at radius 2 is 2.19 bits per heavy atom. The van der Waals surface area contributed by atoms with Gasteiger partial charge in [0.1, 0.15) is 12.3 Å². The van der Waals surface area contributed by atoms with Crippen LogP contribution in [0.4, 0.5) is 6.01 Å². The number of allylic oxidation sites excluding steroid dienone is 1. The van der Waals surface area contributed by atoms with Crippen molar-refractivity contribution in [1.82, 2.24) is 9.88 Å². The number of aromatic nitrogens is 1. The average Bonchev–Trinajstić information content (AvgIpc) is 3.20. The molecule has 26 heavy (non-hydrogen) atoms. The Labute approximate surface area is 149 Å². The number of benzene rings is 1. The number of oxazole rings is 1. The second-order valence-corrected chi connectivity index (χ2v) is 6.24. The van der Waals surface area contributed by atoms with E-state index in [2.05, 4.69) is 11.6 Å². The van der Waals surface area contributed by atoms with Crippen molar-refractivity contribution in [3.05, 3.63) is 59.4 Å². The molecule has 1 aliphatic heterocycles. The van der Waals surface area contributed by atoms with Gasteiger partial charge in [-0.05, 0) is 12.5 Å². The Hall–Kier alpha value is -3.35. The summed E-state index contributed by atoms with van der Waals surface area (Å²) in [6.07, 6.45) is 1.48. The number of ether oxygens (including phenoxy) is 1. The largest absolute Gasteiger partial charge is 0.458 e. The van der Waals surface area contributed by atoms with E-state index in [1.807, 2.05) is 18.2 Å². The number of esters is 1. The van der Waals surface area contributed by atoms with E-state index in [1.54, 1.807) is 20.0 Å². The molecule has 1 aromatic heterocycles. The number of rotatable bonds is 3. The molecule has 132 valence electrons. The second-order valence-electron chi connectivity index (χ2n) is 6.24. The number of anilines is 1. The number of carbonyl (C=O) groups is 2. The maximum absolute atomic E-state index is 13.4. The summed E-state index contributed by atoms with van der Waals surface area (Å²) < 4.78 is 10.9. The summed E-state index contributed by atoms with van der Waals surface area (Å²) in [6.45, 7) is 5.31. The third-order valence-corrected chi connectivity index (χ3v) is 4.98. The topological polar surface area (TPSA) is 98.7 Å². The van der Waals surface area contributed by atoms with Gasteiger partial charge < -0.3 is 19.8 Å². The first-order chi connectivity index (χ1) is 12.4. The lowest BCUT2D eigenvalue weighted by molar-refractivity contribution is -0.140. The van der Waals surface area contributed by atoms with Crippen molar-refractivity contribution in [2.45, 2.75) is 12.3 Å². The number of fused-ring (bicyclic) bond motifs is 5. The lowest BCUT2D eigenvalue weighted by Gasteiger charge is -2.25. The van der Waals surface area contributed by atoms with Crippen LogP contribution in [0.5, 0.6) is 0 Å². The van der Waals surface area contributed by atoms with Gasteiger partial charge in [0, 0.05) is 18.3 Å². The van der Waals surface area contributed by atoms with Crippen molar-refractivity contribution in [1.29, 1.82) is 0 Å².